The third kappa shape index (κ3) is 3.13. The number of carbonyl (C=O) groups is 2. The van der Waals surface area contributed by atoms with Crippen molar-refractivity contribution in [3.8, 4) is 0 Å². The lowest BCUT2D eigenvalue weighted by molar-refractivity contribution is -0.150. The number of nitrogens with zero attached hydrogens (tertiary/aromatic N) is 2. The molecule has 1 aliphatic heterocycles. The van der Waals surface area contributed by atoms with Gasteiger partial charge in [0.05, 0.1) is 16.9 Å². The first-order valence-electron chi connectivity index (χ1n) is 6.60. The molecule has 1 aliphatic rings. The van der Waals surface area contributed by atoms with Crippen molar-refractivity contribution in [1.82, 2.24) is 4.98 Å². The molecule has 2 rings (SSSR count). The zero-order valence-corrected chi connectivity index (χ0v) is 12.3. The first-order chi connectivity index (χ1) is 9.72. The monoisotopic (exact) mass is 293 g/mol. The minimum Gasteiger partial charge on any atom is -0.480 e. The highest BCUT2D eigenvalue weighted by atomic mass is 16.5. The Hall–Kier alpha value is -2.15. The van der Waals surface area contributed by atoms with Crippen LogP contribution >= 0.6 is 0 Å². The fourth-order valence-corrected chi connectivity index (χ4v) is 2.62. The maximum absolute atomic E-state index is 11.6. The topological polar surface area (TPSA) is 106 Å². The fraction of sp³-hybridized carbons (Fsp3) is 0.500. The van der Waals surface area contributed by atoms with Crippen molar-refractivity contribution in [2.45, 2.75) is 26.4 Å². The van der Waals surface area contributed by atoms with E-state index in [0.29, 0.717) is 24.3 Å². The summed E-state index contributed by atoms with van der Waals surface area (Å²) in [6.45, 7) is 6.11. The number of aliphatic carboxylic acids is 1. The number of carboxylic acids is 1. The van der Waals surface area contributed by atoms with Crippen LogP contribution in [0.3, 0.4) is 0 Å². The van der Waals surface area contributed by atoms with Gasteiger partial charge in [-0.15, -0.1) is 0 Å². The molecule has 0 atom stereocenters. The number of aryl methyl sites for hydroxylation is 2. The summed E-state index contributed by atoms with van der Waals surface area (Å²) in [6.07, 6.45) is 0. The van der Waals surface area contributed by atoms with Gasteiger partial charge in [-0.25, -0.2) is 4.79 Å². The van der Waals surface area contributed by atoms with Crippen molar-refractivity contribution in [2.75, 3.05) is 24.6 Å². The van der Waals surface area contributed by atoms with Crippen LogP contribution in [0.25, 0.3) is 0 Å². The third-order valence-electron chi connectivity index (χ3n) is 3.49. The number of carbonyl (C=O) groups excluding carboxylic acids is 1. The van der Waals surface area contributed by atoms with Gasteiger partial charge in [0.1, 0.15) is 12.2 Å². The average molecular weight is 293 g/mol. The zero-order chi connectivity index (χ0) is 15.8. The van der Waals surface area contributed by atoms with E-state index in [2.05, 4.69) is 4.98 Å². The Morgan fingerprint density at radius 2 is 2.10 bits per heavy atom. The molecule has 21 heavy (non-hydrogen) atoms. The number of amides is 1. The second kappa shape index (κ2) is 5.33. The van der Waals surface area contributed by atoms with Gasteiger partial charge in [-0.05, 0) is 26.8 Å². The molecule has 1 aromatic rings. The standard InChI is InChI=1S/C14H19N3O4/c1-8-4-10(12(13(15)20)9(2)16-8)17-6-14(3,7-17)21-5-11(18)19/h4H,5-7H2,1-3H3,(H2,15,20)(H,18,19). The molecule has 3 N–H and O–H groups in total. The summed E-state index contributed by atoms with van der Waals surface area (Å²) in [5, 5.41) is 8.66. The highest BCUT2D eigenvalue weighted by molar-refractivity contribution is 6.00. The van der Waals surface area contributed by atoms with Crippen LogP contribution in [0.5, 0.6) is 0 Å². The quantitative estimate of drug-likeness (QED) is 0.818. The number of anilines is 1. The number of pyridine rings is 1. The van der Waals surface area contributed by atoms with E-state index in [9.17, 15) is 9.59 Å². The van der Waals surface area contributed by atoms with Gasteiger partial charge in [-0.2, -0.15) is 0 Å². The largest absolute Gasteiger partial charge is 0.480 e. The summed E-state index contributed by atoms with van der Waals surface area (Å²) >= 11 is 0. The molecule has 0 unspecified atom stereocenters. The van der Waals surface area contributed by atoms with Crippen molar-refractivity contribution in [1.29, 1.82) is 0 Å². The molecule has 0 aliphatic carbocycles. The van der Waals surface area contributed by atoms with E-state index in [0.717, 1.165) is 11.4 Å². The Bertz CT molecular complexity index is 594. The van der Waals surface area contributed by atoms with Gasteiger partial charge in [0.25, 0.3) is 5.91 Å². The predicted octanol–water partition coefficient (Wildman–Crippen LogP) is 0.477. The molecule has 7 heteroatoms. The van der Waals surface area contributed by atoms with Gasteiger partial charge in [-0.3, -0.25) is 9.78 Å². The molecule has 1 saturated heterocycles. The minimum absolute atomic E-state index is 0.332. The Morgan fingerprint density at radius 3 is 2.62 bits per heavy atom. The second-order valence-corrected chi connectivity index (χ2v) is 5.60. The molecule has 0 radical (unpaired) electrons. The van der Waals surface area contributed by atoms with Crippen LogP contribution in [0, 0.1) is 13.8 Å². The minimum atomic E-state index is -0.997. The predicted molar refractivity (Wildman–Crippen MR) is 76.4 cm³/mol. The van der Waals surface area contributed by atoms with Crippen LogP contribution in [0.1, 0.15) is 28.7 Å². The summed E-state index contributed by atoms with van der Waals surface area (Å²) in [6, 6.07) is 1.81. The number of ether oxygens (including phenoxy) is 1. The van der Waals surface area contributed by atoms with E-state index in [1.807, 2.05) is 24.8 Å². The Kier molecular flexibility index (Phi) is 3.87. The Labute approximate surface area is 122 Å². The normalized spacial score (nSPS) is 16.4. The van der Waals surface area contributed by atoms with Crippen molar-refractivity contribution >= 4 is 17.6 Å². The zero-order valence-electron chi connectivity index (χ0n) is 12.3. The van der Waals surface area contributed by atoms with E-state index >= 15 is 0 Å². The van der Waals surface area contributed by atoms with Gasteiger partial charge in [0.15, 0.2) is 0 Å². The maximum atomic E-state index is 11.6. The summed E-state index contributed by atoms with van der Waals surface area (Å²) < 4.78 is 5.37. The number of carboxylic acid groups (broad SMARTS) is 1. The first kappa shape index (κ1) is 15.2. The van der Waals surface area contributed by atoms with Crippen LogP contribution in [0.15, 0.2) is 6.07 Å². The molecule has 1 amide bonds. The molecular formula is C14H19N3O4. The van der Waals surface area contributed by atoms with Crippen LogP contribution in [-0.2, 0) is 9.53 Å². The Morgan fingerprint density at radius 1 is 1.48 bits per heavy atom. The van der Waals surface area contributed by atoms with Gasteiger partial charge in [0, 0.05) is 18.8 Å². The highest BCUT2D eigenvalue weighted by Gasteiger charge is 2.41. The lowest BCUT2D eigenvalue weighted by Gasteiger charge is -2.49. The number of nitrogens with two attached hydrogens (primary N) is 1. The van der Waals surface area contributed by atoms with E-state index in [1.54, 1.807) is 6.92 Å². The van der Waals surface area contributed by atoms with Gasteiger partial charge < -0.3 is 20.5 Å². The number of hydrogen-bond acceptors (Lipinski definition) is 5. The lowest BCUT2D eigenvalue weighted by Crippen LogP contribution is -2.62. The molecule has 1 aromatic heterocycles. The molecule has 0 spiro atoms. The van der Waals surface area contributed by atoms with Gasteiger partial charge in [0.2, 0.25) is 0 Å². The summed E-state index contributed by atoms with van der Waals surface area (Å²) in [4.78, 5) is 28.4. The molecule has 0 aromatic carbocycles. The number of aromatic nitrogens is 1. The maximum Gasteiger partial charge on any atom is 0.329 e. The van der Waals surface area contributed by atoms with Gasteiger partial charge >= 0.3 is 5.97 Å². The average Bonchev–Trinajstić information content (AvgIpc) is 2.31. The lowest BCUT2D eigenvalue weighted by atomic mass is 9.94. The van der Waals surface area contributed by atoms with Crippen LogP contribution in [0.4, 0.5) is 5.69 Å². The third-order valence-corrected chi connectivity index (χ3v) is 3.49. The van der Waals surface area contributed by atoms with E-state index in [1.165, 1.54) is 0 Å². The molecular weight excluding hydrogens is 274 g/mol. The van der Waals surface area contributed by atoms with E-state index in [4.69, 9.17) is 15.6 Å². The molecule has 0 bridgehead atoms. The van der Waals surface area contributed by atoms with Crippen LogP contribution < -0.4 is 10.6 Å². The molecule has 114 valence electrons. The van der Waals surface area contributed by atoms with E-state index < -0.39 is 17.5 Å². The summed E-state index contributed by atoms with van der Waals surface area (Å²) in [5.74, 6) is -1.52. The summed E-state index contributed by atoms with van der Waals surface area (Å²) in [5.41, 5.74) is 7.43. The van der Waals surface area contributed by atoms with E-state index in [-0.39, 0.29) is 6.61 Å². The number of rotatable bonds is 5. The highest BCUT2D eigenvalue weighted by Crippen LogP contribution is 2.33. The number of primary amides is 1. The van der Waals surface area contributed by atoms with Gasteiger partial charge in [-0.1, -0.05) is 0 Å². The summed E-state index contributed by atoms with van der Waals surface area (Å²) in [7, 11) is 0. The molecule has 0 saturated carbocycles. The number of hydrogen-bond donors (Lipinski definition) is 2. The smallest absolute Gasteiger partial charge is 0.329 e. The molecule has 2 heterocycles. The molecule has 1 fully saturated rings. The fourth-order valence-electron chi connectivity index (χ4n) is 2.62. The second-order valence-electron chi connectivity index (χ2n) is 5.60. The van der Waals surface area contributed by atoms with Crippen molar-refractivity contribution in [2.24, 2.45) is 5.73 Å². The van der Waals surface area contributed by atoms with Crippen molar-refractivity contribution < 1.29 is 19.4 Å². The van der Waals surface area contributed by atoms with Crippen LogP contribution in [-0.4, -0.2) is 47.3 Å². The first-order valence-corrected chi connectivity index (χ1v) is 6.60. The van der Waals surface area contributed by atoms with Crippen molar-refractivity contribution in [3.05, 3.63) is 23.0 Å². The Balaban J connectivity index is 2.18. The van der Waals surface area contributed by atoms with Crippen molar-refractivity contribution in [3.63, 3.8) is 0 Å². The SMILES string of the molecule is Cc1cc(N2CC(C)(OCC(=O)O)C2)c(C(N)=O)c(C)n1. The molecule has 7 nitrogen and oxygen atoms in total. The van der Waals surface area contributed by atoms with Crippen LogP contribution in [0.2, 0.25) is 0 Å².